The maximum absolute atomic E-state index is 6.11. The Labute approximate surface area is 111 Å². The van der Waals surface area contributed by atoms with Crippen molar-refractivity contribution in [2.24, 2.45) is 17.6 Å². The molecule has 3 unspecified atom stereocenters. The van der Waals surface area contributed by atoms with Crippen molar-refractivity contribution in [3.8, 4) is 5.75 Å². The van der Waals surface area contributed by atoms with Gasteiger partial charge in [-0.2, -0.15) is 0 Å². The van der Waals surface area contributed by atoms with E-state index in [2.05, 4.69) is 26.0 Å². The molecule has 0 radical (unpaired) electrons. The minimum Gasteiger partial charge on any atom is -0.490 e. The van der Waals surface area contributed by atoms with Gasteiger partial charge in [0.1, 0.15) is 5.75 Å². The molecule has 2 rings (SSSR count). The van der Waals surface area contributed by atoms with Crippen LogP contribution in [-0.4, -0.2) is 6.10 Å². The van der Waals surface area contributed by atoms with Crippen molar-refractivity contribution in [1.29, 1.82) is 0 Å². The predicted octanol–water partition coefficient (Wildman–Crippen LogP) is 3.91. The first-order valence-corrected chi connectivity index (χ1v) is 7.08. The molecule has 4 atom stereocenters. The number of ether oxygens (including phenoxy) is 1. The average Bonchev–Trinajstić information content (AvgIpc) is 2.34. The van der Waals surface area contributed by atoms with Crippen molar-refractivity contribution in [1.82, 2.24) is 0 Å². The Morgan fingerprint density at radius 3 is 2.67 bits per heavy atom. The third-order valence-electron chi connectivity index (χ3n) is 4.24. The zero-order valence-corrected chi connectivity index (χ0v) is 11.7. The van der Waals surface area contributed by atoms with E-state index in [1.54, 1.807) is 0 Å². The molecule has 0 amide bonds. The molecule has 1 fully saturated rings. The second-order valence-electron chi connectivity index (χ2n) is 5.87. The first-order valence-electron chi connectivity index (χ1n) is 7.08. The van der Waals surface area contributed by atoms with Gasteiger partial charge < -0.3 is 10.5 Å². The van der Waals surface area contributed by atoms with E-state index in [1.165, 1.54) is 19.3 Å². The lowest BCUT2D eigenvalue weighted by Crippen LogP contribution is -2.28. The van der Waals surface area contributed by atoms with Gasteiger partial charge in [0.25, 0.3) is 0 Å². The monoisotopic (exact) mass is 247 g/mol. The van der Waals surface area contributed by atoms with Crippen LogP contribution < -0.4 is 10.5 Å². The first kappa shape index (κ1) is 13.4. The minimum absolute atomic E-state index is 0.0684. The summed E-state index contributed by atoms with van der Waals surface area (Å²) in [5, 5.41) is 0. The van der Waals surface area contributed by atoms with E-state index < -0.39 is 0 Å². The summed E-state index contributed by atoms with van der Waals surface area (Å²) in [5.74, 6) is 2.57. The van der Waals surface area contributed by atoms with Gasteiger partial charge in [-0.05, 0) is 55.7 Å². The largest absolute Gasteiger partial charge is 0.490 e. The second-order valence-corrected chi connectivity index (χ2v) is 5.87. The second kappa shape index (κ2) is 5.75. The smallest absolute Gasteiger partial charge is 0.120 e. The molecule has 100 valence electrons. The molecule has 1 aliphatic rings. The van der Waals surface area contributed by atoms with Gasteiger partial charge in [0.05, 0.1) is 6.10 Å². The highest BCUT2D eigenvalue weighted by Gasteiger charge is 2.25. The van der Waals surface area contributed by atoms with Crippen molar-refractivity contribution in [3.63, 3.8) is 0 Å². The van der Waals surface area contributed by atoms with Gasteiger partial charge in [-0.1, -0.05) is 26.0 Å². The van der Waals surface area contributed by atoms with E-state index in [1.807, 2.05) is 19.1 Å². The van der Waals surface area contributed by atoms with Crippen LogP contribution in [0.1, 0.15) is 51.6 Å². The Morgan fingerprint density at radius 1 is 1.22 bits per heavy atom. The average molecular weight is 247 g/mol. The number of rotatable bonds is 3. The molecule has 2 nitrogen and oxygen atoms in total. The summed E-state index contributed by atoms with van der Waals surface area (Å²) in [4.78, 5) is 0. The van der Waals surface area contributed by atoms with Gasteiger partial charge >= 0.3 is 0 Å². The molecule has 0 aliphatic heterocycles. The predicted molar refractivity (Wildman–Crippen MR) is 75.6 cm³/mol. The topological polar surface area (TPSA) is 35.2 Å². The summed E-state index contributed by atoms with van der Waals surface area (Å²) < 4.78 is 6.11. The fourth-order valence-electron chi connectivity index (χ4n) is 2.67. The Balaban J connectivity index is 1.99. The van der Waals surface area contributed by atoms with Gasteiger partial charge in [-0.15, -0.1) is 0 Å². The van der Waals surface area contributed by atoms with Crippen molar-refractivity contribution in [2.45, 2.75) is 52.2 Å². The number of hydrogen-bond acceptors (Lipinski definition) is 2. The molecule has 2 N–H and O–H groups in total. The van der Waals surface area contributed by atoms with Crippen LogP contribution in [0.15, 0.2) is 24.3 Å². The Bertz CT molecular complexity index is 388. The first-order chi connectivity index (χ1) is 8.56. The molecule has 1 saturated carbocycles. The van der Waals surface area contributed by atoms with Crippen LogP contribution in [0.2, 0.25) is 0 Å². The van der Waals surface area contributed by atoms with Crippen molar-refractivity contribution in [3.05, 3.63) is 29.8 Å². The van der Waals surface area contributed by atoms with Crippen molar-refractivity contribution in [2.75, 3.05) is 0 Å². The van der Waals surface area contributed by atoms with Crippen LogP contribution in [0.25, 0.3) is 0 Å². The van der Waals surface area contributed by atoms with Gasteiger partial charge in [0, 0.05) is 6.04 Å². The lowest BCUT2D eigenvalue weighted by molar-refractivity contribution is 0.100. The molecule has 2 heteroatoms. The van der Waals surface area contributed by atoms with E-state index >= 15 is 0 Å². The summed E-state index contributed by atoms with van der Waals surface area (Å²) in [7, 11) is 0. The normalized spacial score (nSPS) is 29.9. The zero-order chi connectivity index (χ0) is 13.1. The Morgan fingerprint density at radius 2 is 2.00 bits per heavy atom. The van der Waals surface area contributed by atoms with Gasteiger partial charge in [-0.25, -0.2) is 0 Å². The van der Waals surface area contributed by atoms with Crippen molar-refractivity contribution < 1.29 is 4.74 Å². The molecule has 0 bridgehead atoms. The maximum Gasteiger partial charge on any atom is 0.120 e. The summed E-state index contributed by atoms with van der Waals surface area (Å²) in [6.07, 6.45) is 4.00. The number of hydrogen-bond donors (Lipinski definition) is 1. The highest BCUT2D eigenvalue weighted by atomic mass is 16.5. The molecular weight excluding hydrogens is 222 g/mol. The van der Waals surface area contributed by atoms with Gasteiger partial charge in [0.15, 0.2) is 0 Å². The summed E-state index contributed by atoms with van der Waals surface area (Å²) in [5.41, 5.74) is 7.04. The SMILES string of the molecule is CC1CCC(Oc2cccc([C@@H](C)N)c2)CC1C. The third kappa shape index (κ3) is 3.26. The van der Waals surface area contributed by atoms with Crippen LogP contribution in [-0.2, 0) is 0 Å². The maximum atomic E-state index is 6.11. The van der Waals surface area contributed by atoms with E-state index in [4.69, 9.17) is 10.5 Å². The van der Waals surface area contributed by atoms with Gasteiger partial charge in [0.2, 0.25) is 0 Å². The number of benzene rings is 1. The van der Waals surface area contributed by atoms with Crippen LogP contribution in [0.3, 0.4) is 0 Å². The fourth-order valence-corrected chi connectivity index (χ4v) is 2.67. The van der Waals surface area contributed by atoms with Crippen LogP contribution >= 0.6 is 0 Å². The van der Waals surface area contributed by atoms with E-state index in [-0.39, 0.29) is 6.04 Å². The Hall–Kier alpha value is -1.02. The summed E-state index contributed by atoms with van der Waals surface area (Å²) in [6.45, 7) is 6.68. The number of nitrogens with two attached hydrogens (primary N) is 1. The highest BCUT2D eigenvalue weighted by molar-refractivity contribution is 5.30. The fraction of sp³-hybridized carbons (Fsp3) is 0.625. The lowest BCUT2D eigenvalue weighted by atomic mass is 9.80. The molecule has 1 aliphatic carbocycles. The van der Waals surface area contributed by atoms with Crippen LogP contribution in [0, 0.1) is 11.8 Å². The minimum atomic E-state index is 0.0684. The highest BCUT2D eigenvalue weighted by Crippen LogP contribution is 2.32. The Kier molecular flexibility index (Phi) is 4.28. The molecule has 18 heavy (non-hydrogen) atoms. The molecule has 0 heterocycles. The standard InChI is InChI=1S/C16H25NO/c1-11-7-8-16(9-12(11)2)18-15-6-4-5-14(10-15)13(3)17/h4-6,10-13,16H,7-9,17H2,1-3H3/t11?,12?,13-,16?/m1/s1. The molecular formula is C16H25NO. The van der Waals surface area contributed by atoms with Crippen LogP contribution in [0.4, 0.5) is 0 Å². The molecule has 0 aromatic heterocycles. The zero-order valence-electron chi connectivity index (χ0n) is 11.7. The van der Waals surface area contributed by atoms with E-state index in [0.717, 1.165) is 23.1 Å². The molecule has 1 aromatic carbocycles. The quantitative estimate of drug-likeness (QED) is 0.879. The summed E-state index contributed by atoms with van der Waals surface area (Å²) in [6, 6.07) is 8.27. The van der Waals surface area contributed by atoms with Gasteiger partial charge in [-0.3, -0.25) is 0 Å². The molecule has 0 spiro atoms. The molecule has 0 saturated heterocycles. The molecule has 1 aromatic rings. The van der Waals surface area contributed by atoms with E-state index in [0.29, 0.717) is 6.10 Å². The van der Waals surface area contributed by atoms with Crippen LogP contribution in [0.5, 0.6) is 5.75 Å². The third-order valence-corrected chi connectivity index (χ3v) is 4.24. The summed E-state index contributed by atoms with van der Waals surface area (Å²) >= 11 is 0. The van der Waals surface area contributed by atoms with Crippen molar-refractivity contribution >= 4 is 0 Å². The van der Waals surface area contributed by atoms with E-state index in [9.17, 15) is 0 Å². The lowest BCUT2D eigenvalue weighted by Gasteiger charge is -2.32.